The van der Waals surface area contributed by atoms with Crippen molar-refractivity contribution in [3.8, 4) is 0 Å². The maximum absolute atomic E-state index is 12.3. The quantitative estimate of drug-likeness (QED) is 0.881. The Labute approximate surface area is 119 Å². The molecule has 1 fully saturated rings. The van der Waals surface area contributed by atoms with Crippen LogP contribution in [0.4, 0.5) is 0 Å². The second-order valence-corrected chi connectivity index (χ2v) is 5.72. The third kappa shape index (κ3) is 2.86. The molecule has 108 valence electrons. The average Bonchev–Trinajstić information content (AvgIpc) is 3.01. The maximum Gasteiger partial charge on any atom is 0.251 e. The lowest BCUT2D eigenvalue weighted by molar-refractivity contribution is 0.0712. The molecule has 0 aromatic heterocycles. The zero-order valence-electron chi connectivity index (χ0n) is 11.9. The van der Waals surface area contributed by atoms with E-state index in [4.69, 9.17) is 4.74 Å². The Bertz CT molecular complexity index is 495. The number of benzene rings is 1. The molecule has 0 spiro atoms. The number of carbonyl (C=O) groups is 1. The average molecular weight is 274 g/mol. The molecular formula is C16H22N2O2. The summed E-state index contributed by atoms with van der Waals surface area (Å²) in [5.41, 5.74) is 3.35. The van der Waals surface area contributed by atoms with Crippen molar-refractivity contribution in [2.45, 2.75) is 44.9 Å². The van der Waals surface area contributed by atoms with Crippen LogP contribution in [0.5, 0.6) is 0 Å². The minimum atomic E-state index is 0.00127. The van der Waals surface area contributed by atoms with Gasteiger partial charge in [-0.25, -0.2) is 0 Å². The Morgan fingerprint density at radius 2 is 2.35 bits per heavy atom. The topological polar surface area (TPSA) is 50.4 Å². The summed E-state index contributed by atoms with van der Waals surface area (Å²) in [5, 5.41) is 6.40. The first kappa shape index (κ1) is 13.6. The van der Waals surface area contributed by atoms with Gasteiger partial charge in [-0.3, -0.25) is 4.79 Å². The fourth-order valence-electron chi connectivity index (χ4n) is 3.00. The Kier molecular flexibility index (Phi) is 4.03. The molecule has 20 heavy (non-hydrogen) atoms. The summed E-state index contributed by atoms with van der Waals surface area (Å²) in [5.74, 6) is 0.00127. The van der Waals surface area contributed by atoms with Crippen molar-refractivity contribution in [2.24, 2.45) is 0 Å². The van der Waals surface area contributed by atoms with Gasteiger partial charge in [-0.15, -0.1) is 0 Å². The lowest BCUT2D eigenvalue weighted by Crippen LogP contribution is -2.40. The van der Waals surface area contributed by atoms with E-state index in [1.54, 1.807) is 0 Å². The van der Waals surface area contributed by atoms with Gasteiger partial charge in [-0.1, -0.05) is 6.07 Å². The van der Waals surface area contributed by atoms with Gasteiger partial charge in [0, 0.05) is 18.7 Å². The van der Waals surface area contributed by atoms with E-state index in [2.05, 4.69) is 16.7 Å². The standard InChI is InChI=1S/C16H22N2O2/c1-11(15-3-2-8-20-15)18-16(19)13-5-4-12-6-7-17-10-14(12)9-13/h4-5,9,11,15,17H,2-3,6-8,10H2,1H3,(H,18,19). The van der Waals surface area contributed by atoms with Gasteiger partial charge in [0.15, 0.2) is 0 Å². The molecule has 0 saturated carbocycles. The van der Waals surface area contributed by atoms with Crippen LogP contribution in [0.1, 0.15) is 41.3 Å². The van der Waals surface area contributed by atoms with Crippen LogP contribution in [0, 0.1) is 0 Å². The number of hydrogen-bond donors (Lipinski definition) is 2. The van der Waals surface area contributed by atoms with Crippen LogP contribution in [0.2, 0.25) is 0 Å². The van der Waals surface area contributed by atoms with Gasteiger partial charge in [-0.2, -0.15) is 0 Å². The van der Waals surface area contributed by atoms with Crippen molar-refractivity contribution in [2.75, 3.05) is 13.2 Å². The van der Waals surface area contributed by atoms with E-state index in [0.717, 1.165) is 44.5 Å². The SMILES string of the molecule is CC(NC(=O)c1ccc2c(c1)CNCC2)C1CCCO1. The number of amides is 1. The summed E-state index contributed by atoms with van der Waals surface area (Å²) in [6.07, 6.45) is 3.34. The van der Waals surface area contributed by atoms with Gasteiger partial charge in [0.05, 0.1) is 12.1 Å². The fraction of sp³-hybridized carbons (Fsp3) is 0.562. The fourth-order valence-corrected chi connectivity index (χ4v) is 3.00. The molecule has 2 aliphatic heterocycles. The minimum Gasteiger partial charge on any atom is -0.376 e. The van der Waals surface area contributed by atoms with Crippen molar-refractivity contribution in [1.82, 2.24) is 10.6 Å². The summed E-state index contributed by atoms with van der Waals surface area (Å²) in [4.78, 5) is 12.3. The van der Waals surface area contributed by atoms with Crippen molar-refractivity contribution < 1.29 is 9.53 Å². The third-order valence-corrected chi connectivity index (χ3v) is 4.24. The van der Waals surface area contributed by atoms with E-state index < -0.39 is 0 Å². The van der Waals surface area contributed by atoms with Gasteiger partial charge in [0.1, 0.15) is 0 Å². The molecule has 2 N–H and O–H groups in total. The number of fused-ring (bicyclic) bond motifs is 1. The molecule has 4 nitrogen and oxygen atoms in total. The third-order valence-electron chi connectivity index (χ3n) is 4.24. The van der Waals surface area contributed by atoms with Crippen LogP contribution in [0.3, 0.4) is 0 Å². The summed E-state index contributed by atoms with van der Waals surface area (Å²) < 4.78 is 5.62. The Morgan fingerprint density at radius 3 is 3.15 bits per heavy atom. The van der Waals surface area contributed by atoms with Crippen LogP contribution in [0.15, 0.2) is 18.2 Å². The lowest BCUT2D eigenvalue weighted by Gasteiger charge is -2.21. The molecule has 0 radical (unpaired) electrons. The Morgan fingerprint density at radius 1 is 1.45 bits per heavy atom. The van der Waals surface area contributed by atoms with Crippen LogP contribution in [-0.2, 0) is 17.7 Å². The smallest absolute Gasteiger partial charge is 0.251 e. The summed E-state index contributed by atoms with van der Waals surface area (Å²) in [6, 6.07) is 6.10. The second-order valence-electron chi connectivity index (χ2n) is 5.72. The lowest BCUT2D eigenvalue weighted by atomic mass is 9.98. The van der Waals surface area contributed by atoms with Crippen molar-refractivity contribution in [3.05, 3.63) is 34.9 Å². The highest BCUT2D eigenvalue weighted by Gasteiger charge is 2.24. The molecule has 2 aliphatic rings. The molecule has 0 bridgehead atoms. The molecule has 1 saturated heterocycles. The van der Waals surface area contributed by atoms with E-state index in [9.17, 15) is 4.79 Å². The molecule has 1 amide bonds. The molecular weight excluding hydrogens is 252 g/mol. The summed E-state index contributed by atoms with van der Waals surface area (Å²) in [7, 11) is 0. The summed E-state index contributed by atoms with van der Waals surface area (Å²) in [6.45, 7) is 4.72. The first-order valence-electron chi connectivity index (χ1n) is 7.49. The minimum absolute atomic E-state index is 0.00127. The molecule has 3 rings (SSSR count). The van der Waals surface area contributed by atoms with Crippen LogP contribution in [0.25, 0.3) is 0 Å². The molecule has 0 aliphatic carbocycles. The van der Waals surface area contributed by atoms with Crippen LogP contribution in [-0.4, -0.2) is 31.2 Å². The highest BCUT2D eigenvalue weighted by molar-refractivity contribution is 5.94. The second kappa shape index (κ2) is 5.94. The molecule has 1 aromatic rings. The zero-order chi connectivity index (χ0) is 13.9. The van der Waals surface area contributed by atoms with Crippen molar-refractivity contribution >= 4 is 5.91 Å². The molecule has 2 unspecified atom stereocenters. The van der Waals surface area contributed by atoms with Gasteiger partial charge in [0.25, 0.3) is 5.91 Å². The molecule has 4 heteroatoms. The Hall–Kier alpha value is -1.39. The molecule has 1 aromatic carbocycles. The number of rotatable bonds is 3. The van der Waals surface area contributed by atoms with E-state index in [1.165, 1.54) is 11.1 Å². The first-order valence-corrected chi connectivity index (χ1v) is 7.49. The summed E-state index contributed by atoms with van der Waals surface area (Å²) >= 11 is 0. The van der Waals surface area contributed by atoms with Crippen LogP contribution < -0.4 is 10.6 Å². The highest BCUT2D eigenvalue weighted by Crippen LogP contribution is 2.18. The normalized spacial score (nSPS) is 23.1. The van der Waals surface area contributed by atoms with Gasteiger partial charge >= 0.3 is 0 Å². The van der Waals surface area contributed by atoms with Crippen molar-refractivity contribution in [1.29, 1.82) is 0 Å². The van der Waals surface area contributed by atoms with E-state index >= 15 is 0 Å². The largest absolute Gasteiger partial charge is 0.376 e. The van der Waals surface area contributed by atoms with Gasteiger partial charge < -0.3 is 15.4 Å². The number of carbonyl (C=O) groups excluding carboxylic acids is 1. The monoisotopic (exact) mass is 274 g/mol. The highest BCUT2D eigenvalue weighted by atomic mass is 16.5. The maximum atomic E-state index is 12.3. The number of nitrogens with one attached hydrogen (secondary N) is 2. The van der Waals surface area contributed by atoms with E-state index in [0.29, 0.717) is 0 Å². The first-order chi connectivity index (χ1) is 9.74. The predicted molar refractivity (Wildman–Crippen MR) is 77.8 cm³/mol. The van der Waals surface area contributed by atoms with Crippen LogP contribution >= 0.6 is 0 Å². The van der Waals surface area contributed by atoms with Gasteiger partial charge in [-0.05, 0) is 56.0 Å². The molecule has 2 atom stereocenters. The zero-order valence-corrected chi connectivity index (χ0v) is 11.9. The van der Waals surface area contributed by atoms with E-state index in [1.807, 2.05) is 19.1 Å². The van der Waals surface area contributed by atoms with Crippen molar-refractivity contribution in [3.63, 3.8) is 0 Å². The number of hydrogen-bond acceptors (Lipinski definition) is 3. The van der Waals surface area contributed by atoms with E-state index in [-0.39, 0.29) is 18.1 Å². The Balaban J connectivity index is 1.67. The molecule has 2 heterocycles. The van der Waals surface area contributed by atoms with Gasteiger partial charge in [0.2, 0.25) is 0 Å². The number of ether oxygens (including phenoxy) is 1. The predicted octanol–water partition coefficient (Wildman–Crippen LogP) is 1.63.